The van der Waals surface area contributed by atoms with Gasteiger partial charge in [0.25, 0.3) is 5.56 Å². The topological polar surface area (TPSA) is 72.9 Å². The molecule has 0 amide bonds. The Morgan fingerprint density at radius 3 is 2.44 bits per heavy atom. The Hall–Kier alpha value is -3.74. The molecule has 0 aliphatic carbocycles. The smallest absolute Gasteiger partial charge is 0.267 e. The summed E-state index contributed by atoms with van der Waals surface area (Å²) in [5, 5.41) is 10.3. The molecule has 5 aromatic rings. The van der Waals surface area contributed by atoms with Crippen LogP contribution >= 0.6 is 11.6 Å². The van der Waals surface area contributed by atoms with Crippen molar-refractivity contribution in [1.82, 2.24) is 19.1 Å². The summed E-state index contributed by atoms with van der Waals surface area (Å²) < 4.78 is 3.51. The van der Waals surface area contributed by atoms with Crippen LogP contribution in [-0.4, -0.2) is 30.8 Å². The highest BCUT2D eigenvalue weighted by Gasteiger charge is 2.15. The average molecular weight is 443 g/mol. The van der Waals surface area contributed by atoms with Crippen LogP contribution in [0.1, 0.15) is 0 Å². The van der Waals surface area contributed by atoms with Crippen molar-refractivity contribution >= 4 is 22.5 Å². The van der Waals surface area contributed by atoms with Gasteiger partial charge < -0.3 is 9.67 Å². The second-order valence-electron chi connectivity index (χ2n) is 7.32. The minimum Gasteiger partial charge on any atom is -0.395 e. The molecule has 6 nitrogen and oxygen atoms in total. The van der Waals surface area contributed by atoms with Gasteiger partial charge in [0.05, 0.1) is 22.5 Å². The summed E-state index contributed by atoms with van der Waals surface area (Å²) in [6, 6.07) is 22.5. The molecule has 3 heterocycles. The van der Waals surface area contributed by atoms with E-state index in [4.69, 9.17) is 16.6 Å². The molecule has 0 unspecified atom stereocenters. The minimum absolute atomic E-state index is 0.0706. The van der Waals surface area contributed by atoms with E-state index in [1.807, 2.05) is 65.4 Å². The van der Waals surface area contributed by atoms with Gasteiger partial charge in [0.2, 0.25) is 0 Å². The monoisotopic (exact) mass is 442 g/mol. The molecule has 0 saturated carbocycles. The Labute approximate surface area is 189 Å². The first-order chi connectivity index (χ1) is 15.7. The van der Waals surface area contributed by atoms with E-state index in [0.29, 0.717) is 34.1 Å². The van der Waals surface area contributed by atoms with Gasteiger partial charge in [-0.05, 0) is 42.0 Å². The largest absolute Gasteiger partial charge is 0.395 e. The van der Waals surface area contributed by atoms with Crippen LogP contribution in [0.3, 0.4) is 0 Å². The fraction of sp³-hybridized carbons (Fsp3) is 0.0800. The summed E-state index contributed by atoms with van der Waals surface area (Å²) in [6.07, 6.45) is 3.45. The van der Waals surface area contributed by atoms with Crippen LogP contribution in [0.15, 0.2) is 90.0 Å². The molecule has 1 N–H and O–H groups in total. The molecule has 158 valence electrons. The Morgan fingerprint density at radius 1 is 0.906 bits per heavy atom. The highest BCUT2D eigenvalue weighted by molar-refractivity contribution is 6.30. The molecule has 0 saturated heterocycles. The highest BCUT2D eigenvalue weighted by atomic mass is 35.5. The molecule has 0 radical (unpaired) electrons. The zero-order valence-corrected chi connectivity index (χ0v) is 17.8. The fourth-order valence-electron chi connectivity index (χ4n) is 3.81. The number of aliphatic hydroxyl groups is 1. The normalized spacial score (nSPS) is 11.2. The van der Waals surface area contributed by atoms with E-state index in [9.17, 15) is 9.90 Å². The SMILES string of the molecule is O=c1c2ccccc2nc(-c2ccc(-c3cccn3CCO)cc2)n1-c1ccc(Cl)cn1. The summed E-state index contributed by atoms with van der Waals surface area (Å²) in [5.41, 5.74) is 3.23. The highest BCUT2D eigenvalue weighted by Crippen LogP contribution is 2.26. The predicted octanol–water partition coefficient (Wildman–Crippen LogP) is 4.56. The molecule has 0 spiro atoms. The van der Waals surface area contributed by atoms with Gasteiger partial charge in [-0.3, -0.25) is 4.79 Å². The van der Waals surface area contributed by atoms with Crippen molar-refractivity contribution in [1.29, 1.82) is 0 Å². The van der Waals surface area contributed by atoms with E-state index in [1.165, 1.54) is 10.8 Å². The Bertz CT molecular complexity index is 1450. The van der Waals surface area contributed by atoms with E-state index in [1.54, 1.807) is 18.2 Å². The van der Waals surface area contributed by atoms with E-state index in [0.717, 1.165) is 16.8 Å². The third-order valence-electron chi connectivity index (χ3n) is 5.33. The molecule has 0 atom stereocenters. The Morgan fingerprint density at radius 2 is 1.69 bits per heavy atom. The van der Waals surface area contributed by atoms with Crippen molar-refractivity contribution in [3.63, 3.8) is 0 Å². The van der Waals surface area contributed by atoms with Crippen molar-refractivity contribution in [2.75, 3.05) is 6.61 Å². The van der Waals surface area contributed by atoms with Gasteiger partial charge in [0.15, 0.2) is 0 Å². The zero-order chi connectivity index (χ0) is 22.1. The van der Waals surface area contributed by atoms with Crippen molar-refractivity contribution in [3.8, 4) is 28.5 Å². The molecule has 0 fully saturated rings. The van der Waals surface area contributed by atoms with Crippen LogP contribution in [-0.2, 0) is 6.54 Å². The van der Waals surface area contributed by atoms with E-state index < -0.39 is 0 Å². The molecule has 32 heavy (non-hydrogen) atoms. The number of nitrogens with zero attached hydrogens (tertiary/aromatic N) is 4. The maximum Gasteiger partial charge on any atom is 0.267 e. The number of hydrogen-bond donors (Lipinski definition) is 1. The molecule has 3 aromatic heterocycles. The van der Waals surface area contributed by atoms with Gasteiger partial charge in [-0.25, -0.2) is 14.5 Å². The van der Waals surface area contributed by atoms with E-state index >= 15 is 0 Å². The lowest BCUT2D eigenvalue weighted by atomic mass is 10.1. The first-order valence-corrected chi connectivity index (χ1v) is 10.5. The third kappa shape index (κ3) is 3.60. The van der Waals surface area contributed by atoms with Crippen LogP contribution < -0.4 is 5.56 Å². The molecule has 5 rings (SSSR count). The molecule has 7 heteroatoms. The molecule has 0 aliphatic heterocycles. The number of para-hydroxylation sites is 1. The number of rotatable bonds is 5. The molecule has 0 bridgehead atoms. The van der Waals surface area contributed by atoms with Crippen LogP contribution in [0.25, 0.3) is 39.4 Å². The minimum atomic E-state index is -0.193. The first kappa shape index (κ1) is 20.2. The van der Waals surface area contributed by atoms with Gasteiger partial charge in [-0.1, -0.05) is 48.0 Å². The van der Waals surface area contributed by atoms with Crippen molar-refractivity contribution in [3.05, 3.63) is 101 Å². The lowest BCUT2D eigenvalue weighted by molar-refractivity contribution is 0.277. The number of aromatic nitrogens is 4. The van der Waals surface area contributed by atoms with E-state index in [-0.39, 0.29) is 12.2 Å². The standard InChI is InChI=1S/C25H19ClN4O2/c26-19-11-12-23(27-16-19)30-24(28-21-5-2-1-4-20(21)25(30)32)18-9-7-17(8-10-18)22-6-3-13-29(22)14-15-31/h1-13,16,31H,14-15H2. The molecule has 0 aliphatic rings. The summed E-state index contributed by atoms with van der Waals surface area (Å²) in [5.74, 6) is 0.953. The van der Waals surface area contributed by atoms with Crippen LogP contribution in [0, 0.1) is 0 Å². The van der Waals surface area contributed by atoms with Gasteiger partial charge in [0.1, 0.15) is 11.6 Å². The summed E-state index contributed by atoms with van der Waals surface area (Å²) in [7, 11) is 0. The van der Waals surface area contributed by atoms with Crippen LogP contribution in [0.4, 0.5) is 0 Å². The average Bonchev–Trinajstić information content (AvgIpc) is 3.28. The maximum atomic E-state index is 13.4. The van der Waals surface area contributed by atoms with Crippen molar-refractivity contribution in [2.45, 2.75) is 6.54 Å². The number of halogens is 1. The van der Waals surface area contributed by atoms with Crippen molar-refractivity contribution < 1.29 is 5.11 Å². The lowest BCUT2D eigenvalue weighted by Crippen LogP contribution is -2.22. The second kappa shape index (κ2) is 8.42. The van der Waals surface area contributed by atoms with Crippen LogP contribution in [0.5, 0.6) is 0 Å². The molecular weight excluding hydrogens is 424 g/mol. The summed E-state index contributed by atoms with van der Waals surface area (Å²) >= 11 is 6.01. The zero-order valence-electron chi connectivity index (χ0n) is 17.0. The van der Waals surface area contributed by atoms with Gasteiger partial charge in [-0.15, -0.1) is 0 Å². The number of aliphatic hydroxyl groups excluding tert-OH is 1. The summed E-state index contributed by atoms with van der Waals surface area (Å²) in [6.45, 7) is 0.596. The third-order valence-corrected chi connectivity index (χ3v) is 5.55. The Balaban J connectivity index is 1.68. The number of fused-ring (bicyclic) bond motifs is 1. The lowest BCUT2D eigenvalue weighted by Gasteiger charge is -2.14. The van der Waals surface area contributed by atoms with Gasteiger partial charge in [0, 0.05) is 30.2 Å². The predicted molar refractivity (Wildman–Crippen MR) is 126 cm³/mol. The first-order valence-electron chi connectivity index (χ1n) is 10.2. The fourth-order valence-corrected chi connectivity index (χ4v) is 3.92. The molecular formula is C25H19ClN4O2. The second-order valence-corrected chi connectivity index (χ2v) is 7.75. The number of hydrogen-bond acceptors (Lipinski definition) is 4. The molecule has 2 aromatic carbocycles. The quantitative estimate of drug-likeness (QED) is 0.433. The maximum absolute atomic E-state index is 13.4. The van der Waals surface area contributed by atoms with Gasteiger partial charge >= 0.3 is 0 Å². The van der Waals surface area contributed by atoms with Gasteiger partial charge in [-0.2, -0.15) is 0 Å². The number of benzene rings is 2. The van der Waals surface area contributed by atoms with E-state index in [2.05, 4.69) is 4.98 Å². The van der Waals surface area contributed by atoms with Crippen molar-refractivity contribution in [2.24, 2.45) is 0 Å². The van der Waals surface area contributed by atoms with Crippen LogP contribution in [0.2, 0.25) is 5.02 Å². The summed E-state index contributed by atoms with van der Waals surface area (Å²) in [4.78, 5) is 22.6. The number of pyridine rings is 1. The Kier molecular flexibility index (Phi) is 5.31.